The Morgan fingerprint density at radius 2 is 1.81 bits per heavy atom. The molecular weight excluding hydrogens is 361 g/mol. The number of anilines is 1. The molecule has 0 radical (unpaired) electrons. The second-order valence-corrected chi connectivity index (χ2v) is 6.96. The Labute approximate surface area is 156 Å². The second-order valence-electron chi connectivity index (χ2n) is 6.96. The van der Waals surface area contributed by atoms with E-state index in [1.165, 1.54) is 6.07 Å². The van der Waals surface area contributed by atoms with Crippen molar-refractivity contribution in [2.45, 2.75) is 20.0 Å². The number of amides is 3. The van der Waals surface area contributed by atoms with Crippen molar-refractivity contribution in [3.8, 4) is 0 Å². The Hall–Kier alpha value is -2.29. The molecule has 0 atom stereocenters. The van der Waals surface area contributed by atoms with Crippen molar-refractivity contribution in [2.24, 2.45) is 5.92 Å². The maximum Gasteiger partial charge on any atom is 0.416 e. The smallest absolute Gasteiger partial charge is 0.369 e. The zero-order valence-corrected chi connectivity index (χ0v) is 15.5. The van der Waals surface area contributed by atoms with E-state index in [4.69, 9.17) is 0 Å². The molecule has 2 rings (SSSR count). The SMILES string of the molecule is CC(C)CNC(=O)NC(=O)CN1CCN(c2cccc(C(F)(F)F)c2)CC1. The number of halogens is 3. The molecule has 1 saturated heterocycles. The van der Waals surface area contributed by atoms with Crippen LogP contribution in [0.25, 0.3) is 0 Å². The number of nitrogens with zero attached hydrogens (tertiary/aromatic N) is 2. The van der Waals surface area contributed by atoms with E-state index in [2.05, 4.69) is 10.6 Å². The summed E-state index contributed by atoms with van der Waals surface area (Å²) in [4.78, 5) is 27.2. The molecule has 1 aliphatic heterocycles. The normalized spacial score (nSPS) is 15.7. The summed E-state index contributed by atoms with van der Waals surface area (Å²) in [7, 11) is 0. The molecule has 1 heterocycles. The highest BCUT2D eigenvalue weighted by molar-refractivity contribution is 5.95. The van der Waals surface area contributed by atoms with Gasteiger partial charge >= 0.3 is 12.2 Å². The lowest BCUT2D eigenvalue weighted by atomic mass is 10.1. The molecule has 1 aliphatic rings. The monoisotopic (exact) mass is 386 g/mol. The minimum Gasteiger partial charge on any atom is -0.369 e. The molecule has 3 amide bonds. The molecule has 150 valence electrons. The molecule has 6 nitrogen and oxygen atoms in total. The summed E-state index contributed by atoms with van der Waals surface area (Å²) >= 11 is 0. The third-order valence-corrected chi connectivity index (χ3v) is 4.20. The van der Waals surface area contributed by atoms with Gasteiger partial charge in [-0.1, -0.05) is 19.9 Å². The fourth-order valence-electron chi connectivity index (χ4n) is 2.75. The summed E-state index contributed by atoms with van der Waals surface area (Å²) in [5, 5.41) is 4.89. The average Bonchev–Trinajstić information content (AvgIpc) is 2.60. The van der Waals surface area contributed by atoms with Gasteiger partial charge in [-0.2, -0.15) is 13.2 Å². The van der Waals surface area contributed by atoms with Gasteiger partial charge < -0.3 is 10.2 Å². The third-order valence-electron chi connectivity index (χ3n) is 4.20. The topological polar surface area (TPSA) is 64.7 Å². The maximum absolute atomic E-state index is 12.8. The lowest BCUT2D eigenvalue weighted by molar-refractivity contribution is -0.137. The van der Waals surface area contributed by atoms with Gasteiger partial charge in [0.1, 0.15) is 0 Å². The summed E-state index contributed by atoms with van der Waals surface area (Å²) in [6, 6.07) is 4.72. The molecule has 0 aliphatic carbocycles. The maximum atomic E-state index is 12.8. The minimum absolute atomic E-state index is 0.0749. The van der Waals surface area contributed by atoms with Gasteiger partial charge in [0.2, 0.25) is 5.91 Å². The number of nitrogens with one attached hydrogen (secondary N) is 2. The van der Waals surface area contributed by atoms with Crippen LogP contribution < -0.4 is 15.5 Å². The van der Waals surface area contributed by atoms with Crippen LogP contribution in [0, 0.1) is 5.92 Å². The van der Waals surface area contributed by atoms with Gasteiger partial charge in [-0.3, -0.25) is 15.0 Å². The number of carbonyl (C=O) groups is 2. The molecule has 0 bridgehead atoms. The van der Waals surface area contributed by atoms with E-state index in [9.17, 15) is 22.8 Å². The van der Waals surface area contributed by atoms with Crippen LogP contribution in [0.2, 0.25) is 0 Å². The molecule has 0 aromatic heterocycles. The van der Waals surface area contributed by atoms with Gasteiger partial charge in [-0.05, 0) is 24.1 Å². The standard InChI is InChI=1S/C18H25F3N4O2/c1-13(2)11-22-17(27)23-16(26)12-24-6-8-25(9-7-24)15-5-3-4-14(10-15)18(19,20)21/h3-5,10,13H,6-9,11-12H2,1-2H3,(H2,22,23,26,27). The Morgan fingerprint density at radius 3 is 2.41 bits per heavy atom. The van der Waals surface area contributed by atoms with E-state index in [0.717, 1.165) is 12.1 Å². The highest BCUT2D eigenvalue weighted by atomic mass is 19.4. The van der Waals surface area contributed by atoms with Crippen molar-refractivity contribution in [2.75, 3.05) is 44.2 Å². The van der Waals surface area contributed by atoms with Crippen molar-refractivity contribution in [1.82, 2.24) is 15.5 Å². The van der Waals surface area contributed by atoms with Crippen molar-refractivity contribution >= 4 is 17.6 Å². The Kier molecular flexibility index (Phi) is 7.06. The molecule has 1 aromatic rings. The minimum atomic E-state index is -4.37. The van der Waals surface area contributed by atoms with Gasteiger partial charge in [0, 0.05) is 38.4 Å². The van der Waals surface area contributed by atoms with Crippen molar-refractivity contribution in [3.05, 3.63) is 29.8 Å². The predicted molar refractivity (Wildman–Crippen MR) is 96.5 cm³/mol. The van der Waals surface area contributed by atoms with Crippen molar-refractivity contribution < 1.29 is 22.8 Å². The molecule has 9 heteroatoms. The van der Waals surface area contributed by atoms with E-state index in [0.29, 0.717) is 38.4 Å². The first kappa shape index (κ1) is 21.0. The van der Waals surface area contributed by atoms with Crippen LogP contribution in [0.5, 0.6) is 0 Å². The molecule has 27 heavy (non-hydrogen) atoms. The van der Waals surface area contributed by atoms with Crippen molar-refractivity contribution in [1.29, 1.82) is 0 Å². The van der Waals surface area contributed by atoms with E-state index in [1.54, 1.807) is 6.07 Å². The summed E-state index contributed by atoms with van der Waals surface area (Å²) in [6.07, 6.45) is -4.37. The van der Waals surface area contributed by atoms with Crippen LogP contribution in [-0.4, -0.2) is 56.1 Å². The van der Waals surface area contributed by atoms with Crippen LogP contribution in [-0.2, 0) is 11.0 Å². The van der Waals surface area contributed by atoms with Crippen molar-refractivity contribution in [3.63, 3.8) is 0 Å². The summed E-state index contributed by atoms with van der Waals surface area (Å²) < 4.78 is 38.5. The lowest BCUT2D eigenvalue weighted by Gasteiger charge is -2.35. The van der Waals surface area contributed by atoms with Crippen LogP contribution in [0.4, 0.5) is 23.7 Å². The van der Waals surface area contributed by atoms with Gasteiger partial charge in [0.15, 0.2) is 0 Å². The Balaban J connectivity index is 1.80. The molecule has 0 spiro atoms. The van der Waals surface area contributed by atoms with Crippen LogP contribution in [0.3, 0.4) is 0 Å². The fourth-order valence-corrected chi connectivity index (χ4v) is 2.75. The fraction of sp³-hybridized carbons (Fsp3) is 0.556. The Morgan fingerprint density at radius 1 is 1.15 bits per heavy atom. The first-order chi connectivity index (χ1) is 12.6. The van der Waals surface area contributed by atoms with Gasteiger partial charge in [-0.15, -0.1) is 0 Å². The number of hydrogen-bond acceptors (Lipinski definition) is 4. The van der Waals surface area contributed by atoms with E-state index in [-0.39, 0.29) is 12.5 Å². The number of rotatable bonds is 5. The molecule has 0 saturated carbocycles. The Bertz CT molecular complexity index is 656. The number of carbonyl (C=O) groups excluding carboxylic acids is 2. The van der Waals surface area contributed by atoms with Crippen LogP contribution >= 0.6 is 0 Å². The number of alkyl halides is 3. The highest BCUT2D eigenvalue weighted by Crippen LogP contribution is 2.31. The first-order valence-electron chi connectivity index (χ1n) is 8.87. The zero-order chi connectivity index (χ0) is 20.0. The largest absolute Gasteiger partial charge is 0.416 e. The number of hydrogen-bond donors (Lipinski definition) is 2. The lowest BCUT2D eigenvalue weighted by Crippen LogP contribution is -2.51. The summed E-state index contributed by atoms with van der Waals surface area (Å²) in [5.74, 6) is -0.112. The summed E-state index contributed by atoms with van der Waals surface area (Å²) in [6.45, 7) is 6.52. The van der Waals surface area contributed by atoms with E-state index >= 15 is 0 Å². The van der Waals surface area contributed by atoms with Crippen LogP contribution in [0.1, 0.15) is 19.4 Å². The van der Waals surface area contributed by atoms with Gasteiger partial charge in [-0.25, -0.2) is 4.79 Å². The van der Waals surface area contributed by atoms with E-state index < -0.39 is 23.7 Å². The summed E-state index contributed by atoms with van der Waals surface area (Å²) in [5.41, 5.74) is -0.156. The van der Waals surface area contributed by atoms with Gasteiger partial charge in [0.05, 0.1) is 12.1 Å². The molecule has 1 fully saturated rings. The van der Waals surface area contributed by atoms with Crippen LogP contribution in [0.15, 0.2) is 24.3 Å². The van der Waals surface area contributed by atoms with E-state index in [1.807, 2.05) is 23.6 Å². The predicted octanol–water partition coefficient (Wildman–Crippen LogP) is 2.31. The number of benzene rings is 1. The molecule has 0 unspecified atom stereocenters. The second kappa shape index (κ2) is 9.07. The molecule has 1 aromatic carbocycles. The van der Waals surface area contributed by atoms with Gasteiger partial charge in [0.25, 0.3) is 0 Å². The number of imide groups is 1. The highest BCUT2D eigenvalue weighted by Gasteiger charge is 2.31. The third kappa shape index (κ3) is 6.74. The molecular formula is C18H25F3N4O2. The number of urea groups is 1. The quantitative estimate of drug-likeness (QED) is 0.815. The number of piperazine rings is 1. The average molecular weight is 386 g/mol. The molecule has 2 N–H and O–H groups in total. The zero-order valence-electron chi connectivity index (χ0n) is 15.5. The first-order valence-corrected chi connectivity index (χ1v) is 8.87.